The molecule has 1 amide bonds. The Labute approximate surface area is 212 Å². The highest BCUT2D eigenvalue weighted by Gasteiger charge is 2.25. The van der Waals surface area contributed by atoms with E-state index < -0.39 is 24.0 Å². The highest BCUT2D eigenvalue weighted by atomic mass is 19.1. The van der Waals surface area contributed by atoms with Gasteiger partial charge in [0.05, 0.1) is 31.7 Å². The predicted octanol–water partition coefficient (Wildman–Crippen LogP) is 1.73. The largest absolute Gasteiger partial charge is 0.493 e. The molecule has 1 atom stereocenters. The fourth-order valence-corrected chi connectivity index (χ4v) is 4.59. The Kier molecular flexibility index (Phi) is 8.12. The van der Waals surface area contributed by atoms with Gasteiger partial charge in [0.2, 0.25) is 6.41 Å². The summed E-state index contributed by atoms with van der Waals surface area (Å²) in [4.78, 5) is 40.2. The molecule has 1 unspecified atom stereocenters. The van der Waals surface area contributed by atoms with Gasteiger partial charge in [-0.05, 0) is 48.7 Å². The van der Waals surface area contributed by atoms with Crippen LogP contribution in [0.3, 0.4) is 0 Å². The number of aliphatic hydroxyl groups excluding tert-OH is 1. The second-order valence-electron chi connectivity index (χ2n) is 8.90. The van der Waals surface area contributed by atoms with Crippen LogP contribution in [-0.2, 0) is 11.3 Å². The van der Waals surface area contributed by atoms with Crippen LogP contribution in [0.5, 0.6) is 17.2 Å². The summed E-state index contributed by atoms with van der Waals surface area (Å²) >= 11 is 0. The molecule has 198 valence electrons. The number of aliphatic hydroxyl groups is 1. The lowest BCUT2D eigenvalue weighted by atomic mass is 10.0. The van der Waals surface area contributed by atoms with Crippen molar-refractivity contribution in [1.29, 1.82) is 0 Å². The molecule has 1 aliphatic rings. The molecule has 1 N–H and O–H groups in total. The number of likely N-dealkylation sites (tertiary alicyclic amines) is 1. The summed E-state index contributed by atoms with van der Waals surface area (Å²) < 4.78 is 31.6. The van der Waals surface area contributed by atoms with Crippen molar-refractivity contribution in [3.63, 3.8) is 0 Å². The van der Waals surface area contributed by atoms with Gasteiger partial charge in [-0.15, -0.1) is 0 Å². The maximum absolute atomic E-state index is 13.8. The molecular weight excluding hydrogens is 485 g/mol. The highest BCUT2D eigenvalue weighted by Crippen LogP contribution is 2.28. The summed E-state index contributed by atoms with van der Waals surface area (Å²) in [7, 11) is 3.02. The molecule has 2 heterocycles. The number of benzene rings is 2. The maximum Gasteiger partial charge on any atom is 0.332 e. The van der Waals surface area contributed by atoms with Crippen LogP contribution in [0.4, 0.5) is 4.39 Å². The lowest BCUT2D eigenvalue weighted by Crippen LogP contribution is -2.44. The first-order chi connectivity index (χ1) is 17.9. The number of alkyl halides is 1. The first-order valence-corrected chi connectivity index (χ1v) is 12.0. The molecule has 37 heavy (non-hydrogen) atoms. The Hall–Kier alpha value is -3.86. The normalized spacial score (nSPS) is 15.0. The molecule has 2 aromatic carbocycles. The average molecular weight is 516 g/mol. The number of fused-ring (bicyclic) bond motifs is 1. The number of piperidine rings is 1. The van der Waals surface area contributed by atoms with E-state index in [4.69, 9.17) is 14.2 Å². The van der Waals surface area contributed by atoms with Crippen LogP contribution >= 0.6 is 0 Å². The molecule has 0 aliphatic carbocycles. The summed E-state index contributed by atoms with van der Waals surface area (Å²) in [6.45, 7) is -0.235. The monoisotopic (exact) mass is 515 g/mol. The first-order valence-electron chi connectivity index (χ1n) is 12.0. The standard InChI is InChI=1S/C26H30FN3O7/c1-35-23-6-3-17(11-24(23)36-2)14-29-25(33)21-12-20(37-15-19(32)13-27)4-5-22(21)30(26(29)34)18-7-9-28(16-31)10-8-18/h3-6,11-12,16,18-19,32H,7-10,13-15H2,1-2H3. The van der Waals surface area contributed by atoms with Crippen LogP contribution in [-0.4, -0.2) is 72.2 Å². The van der Waals surface area contributed by atoms with E-state index in [1.807, 2.05) is 0 Å². The maximum atomic E-state index is 13.8. The molecule has 10 nitrogen and oxygen atoms in total. The van der Waals surface area contributed by atoms with Crippen LogP contribution in [0.25, 0.3) is 10.9 Å². The number of rotatable bonds is 10. The van der Waals surface area contributed by atoms with Crippen molar-refractivity contribution in [2.75, 3.05) is 40.6 Å². The number of carbonyl (C=O) groups excluding carboxylic acids is 1. The summed E-state index contributed by atoms with van der Waals surface area (Å²) in [6.07, 6.45) is 0.631. The molecule has 0 saturated carbocycles. The minimum Gasteiger partial charge on any atom is -0.493 e. The van der Waals surface area contributed by atoms with Crippen molar-refractivity contribution < 1.29 is 28.5 Å². The lowest BCUT2D eigenvalue weighted by molar-refractivity contribution is -0.119. The molecule has 1 aliphatic heterocycles. The van der Waals surface area contributed by atoms with Gasteiger partial charge in [0, 0.05) is 19.1 Å². The van der Waals surface area contributed by atoms with Gasteiger partial charge in [0.25, 0.3) is 5.56 Å². The molecule has 11 heteroatoms. The second kappa shape index (κ2) is 11.5. The molecule has 0 bridgehead atoms. The van der Waals surface area contributed by atoms with Crippen LogP contribution in [0, 0.1) is 0 Å². The van der Waals surface area contributed by atoms with E-state index >= 15 is 0 Å². The van der Waals surface area contributed by atoms with E-state index in [2.05, 4.69) is 0 Å². The fraction of sp³-hybridized carbons (Fsp3) is 0.423. The Balaban J connectivity index is 1.82. The van der Waals surface area contributed by atoms with E-state index in [0.29, 0.717) is 48.5 Å². The third kappa shape index (κ3) is 5.46. The minimum absolute atomic E-state index is 0.00715. The number of carbonyl (C=O) groups is 1. The summed E-state index contributed by atoms with van der Waals surface area (Å²) in [5.74, 6) is 1.27. The Morgan fingerprint density at radius 1 is 1.08 bits per heavy atom. The zero-order chi connectivity index (χ0) is 26.5. The smallest absolute Gasteiger partial charge is 0.332 e. The number of aromatic nitrogens is 2. The van der Waals surface area contributed by atoms with Gasteiger partial charge in [-0.25, -0.2) is 9.18 Å². The third-order valence-corrected chi connectivity index (χ3v) is 6.56. The number of hydrogen-bond donors (Lipinski definition) is 1. The molecule has 3 aromatic rings. The summed E-state index contributed by atoms with van der Waals surface area (Å²) in [6, 6.07) is 9.66. The van der Waals surface area contributed by atoms with E-state index in [9.17, 15) is 23.9 Å². The molecular formula is C26H30FN3O7. The van der Waals surface area contributed by atoms with E-state index in [-0.39, 0.29) is 30.3 Å². The minimum atomic E-state index is -1.28. The Morgan fingerprint density at radius 3 is 2.46 bits per heavy atom. The molecule has 1 aromatic heterocycles. The average Bonchev–Trinajstić information content (AvgIpc) is 2.94. The number of halogens is 1. The summed E-state index contributed by atoms with van der Waals surface area (Å²) in [5, 5.41) is 9.76. The molecule has 4 rings (SSSR count). The highest BCUT2D eigenvalue weighted by molar-refractivity contribution is 5.80. The number of nitrogens with zero attached hydrogens (tertiary/aromatic N) is 3. The van der Waals surface area contributed by atoms with Crippen LogP contribution in [0.2, 0.25) is 0 Å². The SMILES string of the molecule is COc1ccc(Cn2c(=O)c3cc(OCC(O)CF)ccc3n(C3CCN(C=O)CC3)c2=O)cc1OC. The van der Waals surface area contributed by atoms with Crippen molar-refractivity contribution >= 4 is 17.3 Å². The van der Waals surface area contributed by atoms with Gasteiger partial charge in [-0.3, -0.25) is 18.7 Å². The fourth-order valence-electron chi connectivity index (χ4n) is 4.59. The third-order valence-electron chi connectivity index (χ3n) is 6.56. The summed E-state index contributed by atoms with van der Waals surface area (Å²) in [5.41, 5.74) is 0.143. The van der Waals surface area contributed by atoms with Gasteiger partial charge in [-0.1, -0.05) is 6.07 Å². The Morgan fingerprint density at radius 2 is 1.81 bits per heavy atom. The number of amides is 1. The van der Waals surface area contributed by atoms with Crippen LogP contribution in [0.15, 0.2) is 46.0 Å². The van der Waals surface area contributed by atoms with Crippen molar-refractivity contribution in [3.8, 4) is 17.2 Å². The molecule has 1 fully saturated rings. The Bertz CT molecular complexity index is 1380. The number of hydrogen-bond acceptors (Lipinski definition) is 7. The van der Waals surface area contributed by atoms with Gasteiger partial charge in [0.15, 0.2) is 11.5 Å². The van der Waals surface area contributed by atoms with Gasteiger partial charge >= 0.3 is 5.69 Å². The first kappa shape index (κ1) is 26.2. The van der Waals surface area contributed by atoms with Crippen molar-refractivity contribution in [2.24, 2.45) is 0 Å². The molecule has 0 spiro atoms. The van der Waals surface area contributed by atoms with Gasteiger partial charge in [0.1, 0.15) is 25.1 Å². The van der Waals surface area contributed by atoms with Crippen molar-refractivity contribution in [3.05, 3.63) is 62.8 Å². The van der Waals surface area contributed by atoms with Crippen molar-refractivity contribution in [1.82, 2.24) is 14.0 Å². The number of ether oxygens (including phenoxy) is 3. The molecule has 1 saturated heterocycles. The zero-order valence-corrected chi connectivity index (χ0v) is 20.8. The van der Waals surface area contributed by atoms with E-state index in [0.717, 1.165) is 11.0 Å². The predicted molar refractivity (Wildman–Crippen MR) is 135 cm³/mol. The zero-order valence-electron chi connectivity index (χ0n) is 20.8. The number of methoxy groups -OCH3 is 2. The van der Waals surface area contributed by atoms with Crippen LogP contribution < -0.4 is 25.5 Å². The topological polar surface area (TPSA) is 112 Å². The van der Waals surface area contributed by atoms with Crippen molar-refractivity contribution in [2.45, 2.75) is 31.5 Å². The quantitative estimate of drug-likeness (QED) is 0.409. The van der Waals surface area contributed by atoms with E-state index in [1.165, 1.54) is 20.3 Å². The lowest BCUT2D eigenvalue weighted by Gasteiger charge is -2.31. The van der Waals surface area contributed by atoms with Gasteiger partial charge < -0.3 is 24.2 Å². The molecule has 0 radical (unpaired) electrons. The van der Waals surface area contributed by atoms with E-state index in [1.54, 1.807) is 39.8 Å². The second-order valence-corrected chi connectivity index (χ2v) is 8.90. The van der Waals surface area contributed by atoms with Crippen LogP contribution in [0.1, 0.15) is 24.4 Å². The van der Waals surface area contributed by atoms with Gasteiger partial charge in [-0.2, -0.15) is 0 Å².